The number of fused-ring (bicyclic) bond motifs is 1. The first kappa shape index (κ1) is 25.4. The van der Waals surface area contributed by atoms with Gasteiger partial charge >= 0.3 is 6.09 Å². The van der Waals surface area contributed by atoms with Crippen LogP contribution in [0.2, 0.25) is 0 Å². The molecule has 1 saturated heterocycles. The molecule has 194 valence electrons. The van der Waals surface area contributed by atoms with E-state index in [1.54, 1.807) is 4.90 Å². The van der Waals surface area contributed by atoms with E-state index in [2.05, 4.69) is 24.5 Å². The summed E-state index contributed by atoms with van der Waals surface area (Å²) in [6, 6.07) is -2.52. The van der Waals surface area contributed by atoms with Gasteiger partial charge in [-0.3, -0.25) is 19.2 Å². The second-order valence-electron chi connectivity index (χ2n) is 11.4. The highest BCUT2D eigenvalue weighted by atomic mass is 16.5. The topological polar surface area (TPSA) is 148 Å². The zero-order valence-electron chi connectivity index (χ0n) is 20.9. The van der Waals surface area contributed by atoms with Crippen LogP contribution < -0.4 is 16.4 Å². The van der Waals surface area contributed by atoms with Gasteiger partial charge in [-0.25, -0.2) is 4.79 Å². The minimum absolute atomic E-state index is 0.0250. The molecule has 3 aliphatic carbocycles. The molecular weight excluding hydrogens is 452 g/mol. The fourth-order valence-corrected chi connectivity index (χ4v) is 6.37. The largest absolute Gasteiger partial charge is 0.453 e. The standard InChI is InChI=1S/C25H38N4O6/c1-25(2)15-12-29(23(33)18(28-24(34)35-3)14-7-5-4-6-8-14)19(17(15)25)22(32)27-16(11-13-9-10-13)20(30)21(26)31/h13-19H,4-12H2,1-3H3,(H2,26,31)(H,27,32)(H,28,34)/t15-,16?,17-,18?,19?/m0/s1. The molecule has 1 heterocycles. The van der Waals surface area contributed by atoms with Gasteiger partial charge in [-0.05, 0) is 48.3 Å². The number of primary amides is 1. The van der Waals surface area contributed by atoms with Crippen LogP contribution in [0.1, 0.15) is 65.2 Å². The zero-order chi connectivity index (χ0) is 25.5. The van der Waals surface area contributed by atoms with Gasteiger partial charge in [-0.1, -0.05) is 46.0 Å². The van der Waals surface area contributed by atoms with Gasteiger partial charge in [-0.15, -0.1) is 0 Å². The summed E-state index contributed by atoms with van der Waals surface area (Å²) < 4.78 is 4.78. The minimum atomic E-state index is -1.07. The number of nitrogens with one attached hydrogen (secondary N) is 2. The molecular formula is C25H38N4O6. The maximum Gasteiger partial charge on any atom is 0.407 e. The number of ketones is 1. The number of hydrogen-bond acceptors (Lipinski definition) is 6. The van der Waals surface area contributed by atoms with E-state index in [1.165, 1.54) is 7.11 Å². The summed E-state index contributed by atoms with van der Waals surface area (Å²) in [7, 11) is 1.26. The molecule has 10 nitrogen and oxygen atoms in total. The van der Waals surface area contributed by atoms with Gasteiger partial charge in [0, 0.05) is 6.54 Å². The third-order valence-electron chi connectivity index (χ3n) is 8.75. The lowest BCUT2D eigenvalue weighted by Gasteiger charge is -2.37. The molecule has 0 aromatic heterocycles. The first-order chi connectivity index (χ1) is 16.6. The minimum Gasteiger partial charge on any atom is -0.453 e. The van der Waals surface area contributed by atoms with Crippen LogP contribution >= 0.6 is 0 Å². The van der Waals surface area contributed by atoms with Crippen molar-refractivity contribution in [1.82, 2.24) is 15.5 Å². The highest BCUT2D eigenvalue weighted by Crippen LogP contribution is 2.65. The molecule has 4 rings (SSSR count). The van der Waals surface area contributed by atoms with E-state index in [0.29, 0.717) is 13.0 Å². The van der Waals surface area contributed by atoms with Crippen molar-refractivity contribution in [3.63, 3.8) is 0 Å². The van der Waals surface area contributed by atoms with Gasteiger partial charge in [0.25, 0.3) is 5.91 Å². The molecule has 1 aliphatic heterocycles. The van der Waals surface area contributed by atoms with Crippen LogP contribution in [0.15, 0.2) is 0 Å². The number of hydrogen-bond donors (Lipinski definition) is 3. The molecule has 0 bridgehead atoms. The number of ether oxygens (including phenoxy) is 1. The Bertz CT molecular complexity index is 894. The van der Waals surface area contributed by atoms with Gasteiger partial charge in [0.1, 0.15) is 12.1 Å². The van der Waals surface area contributed by atoms with Crippen LogP contribution in [0, 0.1) is 29.1 Å². The maximum atomic E-state index is 13.8. The van der Waals surface area contributed by atoms with Gasteiger partial charge in [0.05, 0.1) is 13.2 Å². The van der Waals surface area contributed by atoms with E-state index in [-0.39, 0.29) is 35.0 Å². The molecule has 3 saturated carbocycles. The number of rotatable bonds is 9. The first-order valence-corrected chi connectivity index (χ1v) is 12.8. The molecule has 0 spiro atoms. The Hall–Kier alpha value is -2.65. The highest BCUT2D eigenvalue weighted by molar-refractivity contribution is 6.37. The monoisotopic (exact) mass is 490 g/mol. The van der Waals surface area contributed by atoms with Crippen molar-refractivity contribution < 1.29 is 28.7 Å². The second kappa shape index (κ2) is 9.78. The van der Waals surface area contributed by atoms with Crippen LogP contribution in [0.4, 0.5) is 4.79 Å². The van der Waals surface area contributed by atoms with Crippen LogP contribution in [0.25, 0.3) is 0 Å². The van der Waals surface area contributed by atoms with E-state index in [4.69, 9.17) is 10.5 Å². The van der Waals surface area contributed by atoms with Crippen LogP contribution in [0.3, 0.4) is 0 Å². The third-order valence-corrected chi connectivity index (χ3v) is 8.75. The zero-order valence-corrected chi connectivity index (χ0v) is 20.9. The number of carbonyl (C=O) groups excluding carboxylic acids is 5. The Balaban J connectivity index is 1.55. The van der Waals surface area contributed by atoms with Crippen molar-refractivity contribution in [3.05, 3.63) is 0 Å². The summed E-state index contributed by atoms with van der Waals surface area (Å²) in [6.07, 6.45) is 6.31. The summed E-state index contributed by atoms with van der Waals surface area (Å²) in [4.78, 5) is 65.1. The molecule has 0 aromatic rings. The normalized spacial score (nSPS) is 28.9. The summed E-state index contributed by atoms with van der Waals surface area (Å²) >= 11 is 0. The molecule has 4 amide bonds. The average Bonchev–Trinajstić information content (AvgIpc) is 3.68. The van der Waals surface area contributed by atoms with Gasteiger partial charge in [0.2, 0.25) is 17.6 Å². The molecule has 0 aromatic carbocycles. The number of nitrogens with zero attached hydrogens (tertiary/aromatic N) is 1. The van der Waals surface area contributed by atoms with Gasteiger partial charge < -0.3 is 26.0 Å². The summed E-state index contributed by atoms with van der Waals surface area (Å²) in [6.45, 7) is 4.57. The van der Waals surface area contributed by atoms with Crippen molar-refractivity contribution in [1.29, 1.82) is 0 Å². The Morgan fingerprint density at radius 3 is 2.26 bits per heavy atom. The molecule has 4 aliphatic rings. The van der Waals surface area contributed by atoms with Crippen molar-refractivity contribution in [2.45, 2.75) is 83.3 Å². The van der Waals surface area contributed by atoms with E-state index < -0.39 is 41.8 Å². The van der Waals surface area contributed by atoms with Crippen LogP contribution in [0.5, 0.6) is 0 Å². The number of piperidine rings is 1. The number of likely N-dealkylation sites (tertiary alicyclic amines) is 1. The lowest BCUT2D eigenvalue weighted by Crippen LogP contribution is -2.59. The van der Waals surface area contributed by atoms with E-state index in [9.17, 15) is 24.0 Å². The van der Waals surface area contributed by atoms with Gasteiger partial charge in [-0.2, -0.15) is 0 Å². The molecule has 35 heavy (non-hydrogen) atoms. The predicted octanol–water partition coefficient (Wildman–Crippen LogP) is 1.11. The summed E-state index contributed by atoms with van der Waals surface area (Å²) in [5, 5.41) is 5.50. The third kappa shape index (κ3) is 5.16. The molecule has 5 atom stereocenters. The summed E-state index contributed by atoms with van der Waals surface area (Å²) in [5.74, 6) is -2.23. The molecule has 10 heteroatoms. The smallest absolute Gasteiger partial charge is 0.407 e. The lowest BCUT2D eigenvalue weighted by molar-refractivity contribution is -0.144. The quantitative estimate of drug-likeness (QED) is 0.413. The number of Topliss-reactive ketones (excluding diaryl/α,β-unsaturated/α-hetero) is 1. The van der Waals surface area contributed by atoms with Crippen molar-refractivity contribution >= 4 is 29.6 Å². The van der Waals surface area contributed by atoms with E-state index >= 15 is 0 Å². The predicted molar refractivity (Wildman–Crippen MR) is 126 cm³/mol. The number of methoxy groups -OCH3 is 1. The number of nitrogens with two attached hydrogens (primary N) is 1. The highest BCUT2D eigenvalue weighted by Gasteiger charge is 2.69. The van der Waals surface area contributed by atoms with Gasteiger partial charge in [0.15, 0.2) is 0 Å². The van der Waals surface area contributed by atoms with E-state index in [0.717, 1.165) is 44.9 Å². The number of amides is 4. The Labute approximate surface area is 206 Å². The molecule has 0 radical (unpaired) electrons. The molecule has 4 fully saturated rings. The number of alkyl carbamates (subject to hydrolysis) is 1. The molecule has 3 unspecified atom stereocenters. The van der Waals surface area contributed by atoms with Crippen LogP contribution in [-0.2, 0) is 23.9 Å². The van der Waals surface area contributed by atoms with Crippen molar-refractivity contribution in [2.24, 2.45) is 34.8 Å². The first-order valence-electron chi connectivity index (χ1n) is 12.8. The Kier molecular flexibility index (Phi) is 7.11. The van der Waals surface area contributed by atoms with Crippen molar-refractivity contribution in [3.8, 4) is 0 Å². The fourth-order valence-electron chi connectivity index (χ4n) is 6.37. The Morgan fingerprint density at radius 1 is 1.03 bits per heavy atom. The molecule has 4 N–H and O–H groups in total. The Morgan fingerprint density at radius 2 is 1.69 bits per heavy atom. The average molecular weight is 491 g/mol. The lowest BCUT2D eigenvalue weighted by atomic mass is 9.83. The summed E-state index contributed by atoms with van der Waals surface area (Å²) in [5.41, 5.74) is 5.13. The SMILES string of the molecule is COC(=O)NC(C(=O)N1C[C@H]2[C@@H](C1C(=O)NC(CC1CC1)C(=O)C(N)=O)C2(C)C)C1CCCCC1. The fraction of sp³-hybridized carbons (Fsp3) is 0.800. The van der Waals surface area contributed by atoms with Crippen molar-refractivity contribution in [2.75, 3.05) is 13.7 Å². The second-order valence-corrected chi connectivity index (χ2v) is 11.4. The van der Waals surface area contributed by atoms with Crippen LogP contribution in [-0.4, -0.2) is 66.3 Å². The maximum absolute atomic E-state index is 13.8. The van der Waals surface area contributed by atoms with E-state index in [1.807, 2.05) is 0 Å². The number of carbonyl (C=O) groups is 5.